The van der Waals surface area contributed by atoms with Crippen molar-refractivity contribution in [2.24, 2.45) is 0 Å². The van der Waals surface area contributed by atoms with Crippen molar-refractivity contribution in [2.45, 2.75) is 44.0 Å². The number of rotatable bonds is 2. The molecular formula is C15H19NO4. The van der Waals surface area contributed by atoms with Crippen molar-refractivity contribution in [3.8, 4) is 0 Å². The number of carbonyl (C=O) groups excluding carboxylic acids is 1. The van der Waals surface area contributed by atoms with Crippen LogP contribution < -0.4 is 0 Å². The molecule has 108 valence electrons. The number of pyridine rings is 1. The van der Waals surface area contributed by atoms with Gasteiger partial charge in [0.25, 0.3) is 0 Å². The highest BCUT2D eigenvalue weighted by atomic mass is 16.7. The van der Waals surface area contributed by atoms with Crippen molar-refractivity contribution >= 4 is 5.97 Å². The lowest BCUT2D eigenvalue weighted by molar-refractivity contribution is -0.313. The van der Waals surface area contributed by atoms with E-state index in [4.69, 9.17) is 14.2 Å². The molecule has 1 aromatic rings. The second-order valence-electron chi connectivity index (χ2n) is 5.24. The zero-order chi connectivity index (χ0) is 13.8. The molecule has 0 amide bonds. The molecule has 0 aromatic carbocycles. The van der Waals surface area contributed by atoms with Gasteiger partial charge in [0.15, 0.2) is 6.10 Å². The first-order chi connectivity index (χ1) is 9.80. The molecule has 2 aliphatic heterocycles. The van der Waals surface area contributed by atoms with Gasteiger partial charge in [-0.15, -0.1) is 0 Å². The Morgan fingerprint density at radius 2 is 2.15 bits per heavy atom. The number of carbonyl (C=O) groups is 1. The highest BCUT2D eigenvalue weighted by Gasteiger charge is 2.47. The van der Waals surface area contributed by atoms with Crippen molar-refractivity contribution < 1.29 is 19.0 Å². The second kappa shape index (κ2) is 5.89. The number of esters is 1. The van der Waals surface area contributed by atoms with Crippen LogP contribution >= 0.6 is 0 Å². The molecule has 0 saturated carbocycles. The maximum atomic E-state index is 12.2. The molecule has 3 rings (SSSR count). The Morgan fingerprint density at radius 1 is 1.30 bits per heavy atom. The smallest absolute Gasteiger partial charge is 0.340 e. The van der Waals surface area contributed by atoms with Crippen LogP contribution in [0.1, 0.15) is 42.5 Å². The number of nitrogens with zero attached hydrogens (tertiary/aromatic N) is 1. The summed E-state index contributed by atoms with van der Waals surface area (Å²) in [6, 6.07) is 3.42. The maximum Gasteiger partial charge on any atom is 0.340 e. The van der Waals surface area contributed by atoms with E-state index in [2.05, 4.69) is 4.98 Å². The summed E-state index contributed by atoms with van der Waals surface area (Å²) in [5.74, 6) is -1.09. The van der Waals surface area contributed by atoms with E-state index in [9.17, 15) is 4.79 Å². The minimum atomic E-state index is -0.728. The SMILES string of the molecule is O=C(OC1CCCOC12CCCCO2)c1cccnc1. The molecule has 5 heteroatoms. The van der Waals surface area contributed by atoms with Crippen LogP contribution in [0, 0.1) is 0 Å². The van der Waals surface area contributed by atoms with Gasteiger partial charge in [0.1, 0.15) is 0 Å². The van der Waals surface area contributed by atoms with Gasteiger partial charge in [0, 0.05) is 18.8 Å². The zero-order valence-electron chi connectivity index (χ0n) is 11.4. The van der Waals surface area contributed by atoms with E-state index in [1.54, 1.807) is 18.3 Å². The van der Waals surface area contributed by atoms with Crippen molar-refractivity contribution in [1.82, 2.24) is 4.98 Å². The summed E-state index contributed by atoms with van der Waals surface area (Å²) in [4.78, 5) is 16.1. The van der Waals surface area contributed by atoms with E-state index in [-0.39, 0.29) is 12.1 Å². The summed E-state index contributed by atoms with van der Waals surface area (Å²) in [7, 11) is 0. The first-order valence-corrected chi connectivity index (χ1v) is 7.19. The van der Waals surface area contributed by atoms with Gasteiger partial charge in [0.05, 0.1) is 18.8 Å². The largest absolute Gasteiger partial charge is 0.453 e. The zero-order valence-corrected chi connectivity index (χ0v) is 11.4. The van der Waals surface area contributed by atoms with Crippen molar-refractivity contribution in [1.29, 1.82) is 0 Å². The third kappa shape index (κ3) is 2.69. The first kappa shape index (κ1) is 13.5. The summed E-state index contributed by atoms with van der Waals surface area (Å²) in [6.45, 7) is 1.34. The second-order valence-corrected chi connectivity index (χ2v) is 5.24. The normalized spacial score (nSPS) is 30.1. The van der Waals surface area contributed by atoms with Crippen LogP contribution in [0.2, 0.25) is 0 Å². The summed E-state index contributed by atoms with van der Waals surface area (Å²) in [5.41, 5.74) is 0.462. The number of aromatic nitrogens is 1. The fourth-order valence-corrected chi connectivity index (χ4v) is 2.81. The third-order valence-corrected chi connectivity index (χ3v) is 3.86. The standard InChI is InChI=1S/C15H19NO4/c17-14(12-5-3-8-16-11-12)20-13-6-4-10-19-15(13)7-1-2-9-18-15/h3,5,8,11,13H,1-2,4,6-7,9-10H2. The molecule has 3 heterocycles. The van der Waals surface area contributed by atoms with Crippen LogP contribution in [0.15, 0.2) is 24.5 Å². The van der Waals surface area contributed by atoms with Crippen molar-refractivity contribution in [2.75, 3.05) is 13.2 Å². The number of hydrogen-bond acceptors (Lipinski definition) is 5. The Bertz CT molecular complexity index is 448. The lowest BCUT2D eigenvalue weighted by Gasteiger charge is -2.44. The number of hydrogen-bond donors (Lipinski definition) is 0. The Balaban J connectivity index is 1.72. The molecule has 0 radical (unpaired) electrons. The molecule has 2 aliphatic rings. The maximum absolute atomic E-state index is 12.2. The van der Waals surface area contributed by atoms with Crippen LogP contribution in [0.25, 0.3) is 0 Å². The van der Waals surface area contributed by atoms with Crippen LogP contribution in [-0.4, -0.2) is 36.1 Å². The molecule has 0 aliphatic carbocycles. The molecule has 1 aromatic heterocycles. The van der Waals surface area contributed by atoms with Crippen LogP contribution in [-0.2, 0) is 14.2 Å². The van der Waals surface area contributed by atoms with Gasteiger partial charge in [0.2, 0.25) is 5.79 Å². The summed E-state index contributed by atoms with van der Waals surface area (Å²) in [5, 5.41) is 0. The fraction of sp³-hybridized carbons (Fsp3) is 0.600. The molecule has 2 atom stereocenters. The molecule has 1 spiro atoms. The lowest BCUT2D eigenvalue weighted by atomic mass is 9.94. The minimum absolute atomic E-state index is 0.329. The van der Waals surface area contributed by atoms with Crippen molar-refractivity contribution in [3.63, 3.8) is 0 Å². The lowest BCUT2D eigenvalue weighted by Crippen LogP contribution is -2.54. The quantitative estimate of drug-likeness (QED) is 0.776. The monoisotopic (exact) mass is 277 g/mol. The predicted octanol–water partition coefficient (Wildman–Crippen LogP) is 2.31. The first-order valence-electron chi connectivity index (χ1n) is 7.19. The Hall–Kier alpha value is -1.46. The van der Waals surface area contributed by atoms with Crippen LogP contribution in [0.4, 0.5) is 0 Å². The molecule has 2 fully saturated rings. The predicted molar refractivity (Wildman–Crippen MR) is 71.2 cm³/mol. The van der Waals surface area contributed by atoms with Crippen LogP contribution in [0.3, 0.4) is 0 Å². The third-order valence-electron chi connectivity index (χ3n) is 3.86. The fourth-order valence-electron chi connectivity index (χ4n) is 2.81. The molecule has 2 saturated heterocycles. The van der Waals surface area contributed by atoms with Gasteiger partial charge < -0.3 is 14.2 Å². The molecule has 2 unspecified atom stereocenters. The Labute approximate surface area is 118 Å². The molecule has 5 nitrogen and oxygen atoms in total. The van der Waals surface area contributed by atoms with E-state index in [0.717, 1.165) is 32.1 Å². The Morgan fingerprint density at radius 3 is 2.90 bits per heavy atom. The van der Waals surface area contributed by atoms with Gasteiger partial charge in [-0.05, 0) is 37.8 Å². The summed E-state index contributed by atoms with van der Waals surface area (Å²) < 4.78 is 17.3. The van der Waals surface area contributed by atoms with Crippen molar-refractivity contribution in [3.05, 3.63) is 30.1 Å². The van der Waals surface area contributed by atoms with Gasteiger partial charge in [-0.2, -0.15) is 0 Å². The molecule has 20 heavy (non-hydrogen) atoms. The van der Waals surface area contributed by atoms with E-state index in [1.807, 2.05) is 0 Å². The van der Waals surface area contributed by atoms with Gasteiger partial charge in [-0.25, -0.2) is 4.79 Å². The molecule has 0 bridgehead atoms. The highest BCUT2D eigenvalue weighted by molar-refractivity contribution is 5.89. The van der Waals surface area contributed by atoms with Gasteiger partial charge in [-0.3, -0.25) is 4.98 Å². The van der Waals surface area contributed by atoms with E-state index >= 15 is 0 Å². The molecule has 0 N–H and O–H groups in total. The summed E-state index contributed by atoms with van der Waals surface area (Å²) in [6.07, 6.45) is 7.35. The van der Waals surface area contributed by atoms with Gasteiger partial charge >= 0.3 is 5.97 Å². The van der Waals surface area contributed by atoms with E-state index < -0.39 is 5.79 Å². The minimum Gasteiger partial charge on any atom is -0.453 e. The summed E-state index contributed by atoms with van der Waals surface area (Å²) >= 11 is 0. The van der Waals surface area contributed by atoms with E-state index in [1.165, 1.54) is 6.20 Å². The topological polar surface area (TPSA) is 57.7 Å². The average molecular weight is 277 g/mol. The highest BCUT2D eigenvalue weighted by Crippen LogP contribution is 2.37. The average Bonchev–Trinajstić information content (AvgIpc) is 2.51. The van der Waals surface area contributed by atoms with Crippen LogP contribution in [0.5, 0.6) is 0 Å². The van der Waals surface area contributed by atoms with Gasteiger partial charge in [-0.1, -0.05) is 0 Å². The number of ether oxygens (including phenoxy) is 3. The molecular weight excluding hydrogens is 258 g/mol. The van der Waals surface area contributed by atoms with E-state index in [0.29, 0.717) is 18.8 Å². The Kier molecular flexibility index (Phi) is 3.98.